The lowest BCUT2D eigenvalue weighted by Gasteiger charge is -2.09. The van der Waals surface area contributed by atoms with Crippen molar-refractivity contribution in [1.82, 2.24) is 9.55 Å². The fourth-order valence-corrected chi connectivity index (χ4v) is 3.79. The second-order valence-corrected chi connectivity index (χ2v) is 7.84. The Labute approximate surface area is 142 Å². The van der Waals surface area contributed by atoms with Crippen LogP contribution < -0.4 is 0 Å². The van der Waals surface area contributed by atoms with Crippen molar-refractivity contribution in [2.45, 2.75) is 18.0 Å². The molecular weight excluding hydrogens is 353 g/mol. The molecule has 0 saturated carbocycles. The number of hydrogen-bond acceptors (Lipinski definition) is 3. The molecule has 3 rings (SSSR count). The van der Waals surface area contributed by atoms with Gasteiger partial charge in [-0.3, -0.25) is 0 Å². The Bertz CT molecular complexity index is 1050. The summed E-state index contributed by atoms with van der Waals surface area (Å²) in [5, 5.41) is 0. The zero-order valence-corrected chi connectivity index (χ0v) is 14.3. The van der Waals surface area contributed by atoms with E-state index in [2.05, 4.69) is 4.98 Å². The number of aromatic nitrogens is 2. The summed E-state index contributed by atoms with van der Waals surface area (Å²) in [6.07, 6.45) is -4.46. The van der Waals surface area contributed by atoms with Crippen molar-refractivity contribution in [3.63, 3.8) is 0 Å². The molecule has 0 aliphatic rings. The van der Waals surface area contributed by atoms with Gasteiger partial charge in [0.2, 0.25) is 0 Å². The predicted octanol–water partition coefficient (Wildman–Crippen LogP) is 4.05. The van der Waals surface area contributed by atoms with Crippen LogP contribution in [-0.4, -0.2) is 23.7 Å². The molecule has 0 fully saturated rings. The molecule has 132 valence electrons. The van der Waals surface area contributed by atoms with Crippen molar-refractivity contribution in [1.29, 1.82) is 0 Å². The maximum atomic E-state index is 12.9. The van der Waals surface area contributed by atoms with E-state index in [0.717, 1.165) is 12.1 Å². The first-order chi connectivity index (χ1) is 11.6. The molecule has 0 aliphatic carbocycles. The lowest BCUT2D eigenvalue weighted by atomic mass is 10.2. The fourth-order valence-electron chi connectivity index (χ4n) is 2.70. The number of hydrogen-bond donors (Lipinski definition) is 0. The molecule has 0 unspecified atom stereocenters. The molecule has 0 radical (unpaired) electrons. The van der Waals surface area contributed by atoms with Gasteiger partial charge in [-0.05, 0) is 30.3 Å². The number of alkyl halides is 3. The van der Waals surface area contributed by atoms with E-state index in [-0.39, 0.29) is 16.2 Å². The van der Waals surface area contributed by atoms with E-state index in [4.69, 9.17) is 0 Å². The molecule has 8 heteroatoms. The van der Waals surface area contributed by atoms with Gasteiger partial charge in [-0.15, -0.1) is 0 Å². The van der Waals surface area contributed by atoms with Crippen molar-refractivity contribution in [3.8, 4) is 11.4 Å². The van der Waals surface area contributed by atoms with Crippen LogP contribution in [0.1, 0.15) is 12.5 Å². The summed E-state index contributed by atoms with van der Waals surface area (Å²) >= 11 is 0. The molecule has 1 aromatic heterocycles. The molecule has 0 N–H and O–H groups in total. The third-order valence-corrected chi connectivity index (χ3v) is 5.84. The second-order valence-electron chi connectivity index (χ2n) is 5.60. The summed E-state index contributed by atoms with van der Waals surface area (Å²) < 4.78 is 64.9. The summed E-state index contributed by atoms with van der Waals surface area (Å²) in [5.41, 5.74) is 0.235. The number of aryl methyl sites for hydroxylation is 1. The van der Waals surface area contributed by atoms with Crippen molar-refractivity contribution in [3.05, 3.63) is 48.0 Å². The van der Waals surface area contributed by atoms with E-state index in [9.17, 15) is 21.6 Å². The molecule has 3 aromatic rings. The number of halogens is 3. The minimum atomic E-state index is -4.46. The summed E-state index contributed by atoms with van der Waals surface area (Å²) in [7, 11) is -1.85. The lowest BCUT2D eigenvalue weighted by Crippen LogP contribution is -2.07. The molecule has 0 saturated heterocycles. The van der Waals surface area contributed by atoms with E-state index < -0.39 is 21.6 Å². The van der Waals surface area contributed by atoms with E-state index in [1.165, 1.54) is 19.1 Å². The Balaban J connectivity index is 2.26. The highest BCUT2D eigenvalue weighted by molar-refractivity contribution is 7.91. The van der Waals surface area contributed by atoms with Crippen LogP contribution in [0.2, 0.25) is 0 Å². The molecule has 1 heterocycles. The topological polar surface area (TPSA) is 52.0 Å². The Hall–Kier alpha value is -2.35. The summed E-state index contributed by atoms with van der Waals surface area (Å²) in [5.74, 6) is 0.230. The quantitative estimate of drug-likeness (QED) is 0.701. The highest BCUT2D eigenvalue weighted by atomic mass is 32.2. The number of imidazole rings is 1. The summed E-state index contributed by atoms with van der Waals surface area (Å²) in [6.45, 7) is 1.54. The van der Waals surface area contributed by atoms with Gasteiger partial charge in [-0.25, -0.2) is 13.4 Å². The largest absolute Gasteiger partial charge is 0.416 e. The molecule has 2 aromatic carbocycles. The van der Waals surface area contributed by atoms with Gasteiger partial charge in [0.15, 0.2) is 9.84 Å². The molecule has 0 atom stereocenters. The van der Waals surface area contributed by atoms with Crippen LogP contribution in [-0.2, 0) is 23.1 Å². The molecule has 25 heavy (non-hydrogen) atoms. The standard InChI is InChI=1S/C17H15F3N2O2S/c1-3-25(23,24)15-7-5-4-6-12(15)16-21-13-10-11(17(18,19)20)8-9-14(13)22(16)2/h4-10H,3H2,1-2H3. The van der Waals surface area contributed by atoms with Gasteiger partial charge in [-0.2, -0.15) is 13.2 Å². The monoisotopic (exact) mass is 368 g/mol. The van der Waals surface area contributed by atoms with Gasteiger partial charge in [0, 0.05) is 12.6 Å². The van der Waals surface area contributed by atoms with E-state index in [1.54, 1.807) is 29.8 Å². The van der Waals surface area contributed by atoms with Crippen LogP contribution >= 0.6 is 0 Å². The van der Waals surface area contributed by atoms with E-state index in [1.807, 2.05) is 0 Å². The van der Waals surface area contributed by atoms with Crippen molar-refractivity contribution < 1.29 is 21.6 Å². The number of benzene rings is 2. The van der Waals surface area contributed by atoms with Crippen molar-refractivity contribution in [2.24, 2.45) is 7.05 Å². The van der Waals surface area contributed by atoms with Crippen molar-refractivity contribution in [2.75, 3.05) is 5.75 Å². The molecular formula is C17H15F3N2O2S. The maximum Gasteiger partial charge on any atom is 0.416 e. The van der Waals surface area contributed by atoms with E-state index >= 15 is 0 Å². The third-order valence-electron chi connectivity index (χ3n) is 4.05. The minimum Gasteiger partial charge on any atom is -0.327 e. The molecule has 4 nitrogen and oxygen atoms in total. The molecule has 0 spiro atoms. The first kappa shape index (κ1) is 17.5. The van der Waals surface area contributed by atoms with E-state index in [0.29, 0.717) is 16.9 Å². The highest BCUT2D eigenvalue weighted by Gasteiger charge is 2.31. The van der Waals surface area contributed by atoms with Gasteiger partial charge in [0.1, 0.15) is 5.82 Å². The van der Waals surface area contributed by atoms with Crippen LogP contribution in [0.25, 0.3) is 22.4 Å². The Kier molecular flexibility index (Phi) is 4.10. The summed E-state index contributed by atoms with van der Waals surface area (Å²) in [4.78, 5) is 4.38. The average Bonchev–Trinajstić information content (AvgIpc) is 2.90. The predicted molar refractivity (Wildman–Crippen MR) is 88.9 cm³/mol. The van der Waals surface area contributed by atoms with Crippen LogP contribution in [0.4, 0.5) is 13.2 Å². The Morgan fingerprint density at radius 2 is 1.80 bits per heavy atom. The summed E-state index contributed by atoms with van der Waals surface area (Å²) in [6, 6.07) is 9.66. The number of sulfone groups is 1. The highest BCUT2D eigenvalue weighted by Crippen LogP contribution is 2.34. The van der Waals surface area contributed by atoms with Crippen LogP contribution in [0.5, 0.6) is 0 Å². The fraction of sp³-hybridized carbons (Fsp3) is 0.235. The Morgan fingerprint density at radius 1 is 1.12 bits per heavy atom. The smallest absolute Gasteiger partial charge is 0.327 e. The molecule has 0 bridgehead atoms. The number of rotatable bonds is 3. The van der Waals surface area contributed by atoms with Crippen molar-refractivity contribution >= 4 is 20.9 Å². The van der Waals surface area contributed by atoms with Gasteiger partial charge in [-0.1, -0.05) is 19.1 Å². The number of fused-ring (bicyclic) bond motifs is 1. The van der Waals surface area contributed by atoms with Crippen LogP contribution in [0.15, 0.2) is 47.4 Å². The molecule has 0 aliphatic heterocycles. The first-order valence-electron chi connectivity index (χ1n) is 7.51. The zero-order chi connectivity index (χ0) is 18.4. The van der Waals surface area contributed by atoms with Crippen LogP contribution in [0.3, 0.4) is 0 Å². The van der Waals surface area contributed by atoms with Crippen LogP contribution in [0, 0.1) is 0 Å². The van der Waals surface area contributed by atoms with Gasteiger partial charge >= 0.3 is 6.18 Å². The maximum absolute atomic E-state index is 12.9. The van der Waals surface area contributed by atoms with Gasteiger partial charge in [0.05, 0.1) is 27.2 Å². The third kappa shape index (κ3) is 3.02. The lowest BCUT2D eigenvalue weighted by molar-refractivity contribution is -0.137. The first-order valence-corrected chi connectivity index (χ1v) is 9.16. The van der Waals surface area contributed by atoms with Gasteiger partial charge in [0.25, 0.3) is 0 Å². The second kappa shape index (κ2) is 5.87. The number of nitrogens with zero attached hydrogens (tertiary/aromatic N) is 2. The Morgan fingerprint density at radius 3 is 2.44 bits per heavy atom. The SMILES string of the molecule is CCS(=O)(=O)c1ccccc1-c1nc2cc(C(F)(F)F)ccc2n1C. The van der Waals surface area contributed by atoms with Gasteiger partial charge < -0.3 is 4.57 Å². The molecule has 0 amide bonds. The average molecular weight is 368 g/mol. The normalized spacial score (nSPS) is 12.7. The zero-order valence-electron chi connectivity index (χ0n) is 13.5. The minimum absolute atomic E-state index is 0.0772.